The first kappa shape index (κ1) is 16.0. The SMILES string of the molecule is COc1ccc(CN(C(=O)c2cc(Br)c(Br)s2)C2CC2)cc1. The first-order valence-corrected chi connectivity index (χ1v) is 9.37. The van der Waals surface area contributed by atoms with E-state index < -0.39 is 0 Å². The van der Waals surface area contributed by atoms with Crippen LogP contribution < -0.4 is 4.74 Å². The molecule has 1 aliphatic rings. The number of hydrogen-bond acceptors (Lipinski definition) is 3. The summed E-state index contributed by atoms with van der Waals surface area (Å²) in [5.41, 5.74) is 1.12. The van der Waals surface area contributed by atoms with E-state index in [-0.39, 0.29) is 5.91 Å². The summed E-state index contributed by atoms with van der Waals surface area (Å²) in [6.07, 6.45) is 2.19. The second kappa shape index (κ2) is 6.72. The van der Waals surface area contributed by atoms with E-state index in [1.54, 1.807) is 7.11 Å². The highest BCUT2D eigenvalue weighted by Crippen LogP contribution is 2.36. The molecule has 2 aromatic rings. The van der Waals surface area contributed by atoms with Gasteiger partial charge in [0, 0.05) is 17.1 Å². The van der Waals surface area contributed by atoms with Crippen LogP contribution in [0.1, 0.15) is 28.1 Å². The van der Waals surface area contributed by atoms with Gasteiger partial charge in [-0.25, -0.2) is 0 Å². The third-order valence-electron chi connectivity index (χ3n) is 3.62. The van der Waals surface area contributed by atoms with Gasteiger partial charge in [0.2, 0.25) is 0 Å². The van der Waals surface area contributed by atoms with Gasteiger partial charge in [-0.05, 0) is 68.5 Å². The van der Waals surface area contributed by atoms with E-state index in [2.05, 4.69) is 31.9 Å². The highest BCUT2D eigenvalue weighted by atomic mass is 79.9. The van der Waals surface area contributed by atoms with Crippen molar-refractivity contribution in [1.82, 2.24) is 4.90 Å². The number of carbonyl (C=O) groups excluding carboxylic acids is 1. The molecule has 1 aromatic carbocycles. The highest BCUT2D eigenvalue weighted by Gasteiger charge is 2.33. The Bertz CT molecular complexity index is 660. The number of methoxy groups -OCH3 is 1. The lowest BCUT2D eigenvalue weighted by molar-refractivity contribution is 0.0735. The van der Waals surface area contributed by atoms with Gasteiger partial charge in [-0.15, -0.1) is 11.3 Å². The lowest BCUT2D eigenvalue weighted by atomic mass is 10.2. The van der Waals surface area contributed by atoms with E-state index >= 15 is 0 Å². The van der Waals surface area contributed by atoms with Crippen molar-refractivity contribution in [2.75, 3.05) is 7.11 Å². The number of amides is 1. The van der Waals surface area contributed by atoms with Crippen LogP contribution in [0.3, 0.4) is 0 Å². The van der Waals surface area contributed by atoms with Crippen molar-refractivity contribution in [2.24, 2.45) is 0 Å². The van der Waals surface area contributed by atoms with Crippen molar-refractivity contribution < 1.29 is 9.53 Å². The Morgan fingerprint density at radius 1 is 1.32 bits per heavy atom. The van der Waals surface area contributed by atoms with Crippen molar-refractivity contribution in [1.29, 1.82) is 0 Å². The Labute approximate surface area is 150 Å². The molecule has 0 bridgehead atoms. The maximum absolute atomic E-state index is 12.8. The molecule has 1 heterocycles. The molecule has 1 aliphatic carbocycles. The topological polar surface area (TPSA) is 29.5 Å². The number of carbonyl (C=O) groups is 1. The molecule has 0 N–H and O–H groups in total. The van der Waals surface area contributed by atoms with Gasteiger partial charge in [-0.2, -0.15) is 0 Å². The van der Waals surface area contributed by atoms with Crippen LogP contribution in [0, 0.1) is 0 Å². The average Bonchev–Trinajstić information content (AvgIpc) is 3.31. The van der Waals surface area contributed by atoms with Gasteiger partial charge in [-0.1, -0.05) is 12.1 Å². The lowest BCUT2D eigenvalue weighted by Gasteiger charge is -2.22. The Morgan fingerprint density at radius 2 is 2.00 bits per heavy atom. The molecule has 22 heavy (non-hydrogen) atoms. The van der Waals surface area contributed by atoms with Crippen molar-refractivity contribution in [3.8, 4) is 5.75 Å². The molecule has 1 fully saturated rings. The number of hydrogen-bond donors (Lipinski definition) is 0. The molecule has 1 saturated carbocycles. The van der Waals surface area contributed by atoms with Gasteiger partial charge >= 0.3 is 0 Å². The van der Waals surface area contributed by atoms with Gasteiger partial charge in [-0.3, -0.25) is 4.79 Å². The molecule has 1 amide bonds. The van der Waals surface area contributed by atoms with Gasteiger partial charge in [0.05, 0.1) is 15.8 Å². The van der Waals surface area contributed by atoms with Crippen LogP contribution in [0.2, 0.25) is 0 Å². The summed E-state index contributed by atoms with van der Waals surface area (Å²) in [7, 11) is 1.65. The highest BCUT2D eigenvalue weighted by molar-refractivity contribution is 9.13. The molecule has 3 nitrogen and oxygen atoms in total. The summed E-state index contributed by atoms with van der Waals surface area (Å²) in [5, 5.41) is 0. The van der Waals surface area contributed by atoms with E-state index in [1.807, 2.05) is 35.2 Å². The standard InChI is InChI=1S/C16H15Br2NO2S/c1-21-12-6-2-10(3-7-12)9-19(11-4-5-11)16(20)14-8-13(17)15(18)22-14/h2-3,6-8,11H,4-5,9H2,1H3. The maximum atomic E-state index is 12.8. The zero-order chi connectivity index (χ0) is 15.7. The zero-order valence-corrected chi connectivity index (χ0v) is 16.0. The van der Waals surface area contributed by atoms with Crippen LogP contribution in [0.4, 0.5) is 0 Å². The normalized spacial score (nSPS) is 14.0. The van der Waals surface area contributed by atoms with E-state index in [1.165, 1.54) is 11.3 Å². The minimum atomic E-state index is 0.106. The van der Waals surface area contributed by atoms with Crippen molar-refractivity contribution in [3.05, 3.63) is 49.0 Å². The summed E-state index contributed by atoms with van der Waals surface area (Å²) < 4.78 is 7.06. The second-order valence-electron chi connectivity index (χ2n) is 5.24. The van der Waals surface area contributed by atoms with E-state index in [0.717, 1.165) is 37.3 Å². The number of benzene rings is 1. The summed E-state index contributed by atoms with van der Waals surface area (Å²) in [6, 6.07) is 10.2. The molecule has 0 aliphatic heterocycles. The van der Waals surface area contributed by atoms with Crippen LogP contribution >= 0.6 is 43.2 Å². The molecule has 1 aromatic heterocycles. The van der Waals surface area contributed by atoms with Gasteiger partial charge in [0.25, 0.3) is 5.91 Å². The Kier molecular flexibility index (Phi) is 4.90. The smallest absolute Gasteiger partial charge is 0.264 e. The third-order valence-corrected chi connectivity index (χ3v) is 6.86. The predicted octanol–water partition coefficient (Wildman–Crippen LogP) is 5.09. The third kappa shape index (κ3) is 3.55. The van der Waals surface area contributed by atoms with Crippen molar-refractivity contribution >= 4 is 49.1 Å². The molecular weight excluding hydrogens is 430 g/mol. The zero-order valence-electron chi connectivity index (χ0n) is 12.0. The van der Waals surface area contributed by atoms with Gasteiger partial charge in [0.1, 0.15) is 5.75 Å². The fourth-order valence-electron chi connectivity index (χ4n) is 2.27. The van der Waals surface area contributed by atoms with E-state index in [0.29, 0.717) is 12.6 Å². The minimum Gasteiger partial charge on any atom is -0.497 e. The molecular formula is C16H15Br2NO2S. The van der Waals surface area contributed by atoms with Crippen LogP contribution in [0.5, 0.6) is 5.75 Å². The summed E-state index contributed by atoms with van der Waals surface area (Å²) in [5.74, 6) is 0.939. The fraction of sp³-hybridized carbons (Fsp3) is 0.312. The van der Waals surface area contributed by atoms with Crippen molar-refractivity contribution in [2.45, 2.75) is 25.4 Å². The van der Waals surface area contributed by atoms with E-state index in [9.17, 15) is 4.79 Å². The van der Waals surface area contributed by atoms with Crippen LogP contribution in [0.15, 0.2) is 38.6 Å². The maximum Gasteiger partial charge on any atom is 0.264 e. The molecule has 116 valence electrons. The number of thiophene rings is 1. The Balaban J connectivity index is 1.78. The van der Waals surface area contributed by atoms with Crippen LogP contribution in [-0.2, 0) is 6.54 Å². The molecule has 3 rings (SSSR count). The predicted molar refractivity (Wildman–Crippen MR) is 95.6 cm³/mol. The summed E-state index contributed by atoms with van der Waals surface area (Å²) in [4.78, 5) is 15.5. The monoisotopic (exact) mass is 443 g/mol. The number of rotatable bonds is 5. The summed E-state index contributed by atoms with van der Waals surface area (Å²) in [6.45, 7) is 0.640. The number of ether oxygens (including phenoxy) is 1. The first-order valence-electron chi connectivity index (χ1n) is 6.97. The quantitative estimate of drug-likeness (QED) is 0.642. The Hall–Kier alpha value is -0.850. The van der Waals surface area contributed by atoms with E-state index in [4.69, 9.17) is 4.74 Å². The van der Waals surface area contributed by atoms with Crippen LogP contribution in [0.25, 0.3) is 0 Å². The molecule has 0 spiro atoms. The number of halogens is 2. The molecule has 0 atom stereocenters. The molecule has 0 radical (unpaired) electrons. The largest absolute Gasteiger partial charge is 0.497 e. The first-order chi connectivity index (χ1) is 10.6. The van der Waals surface area contributed by atoms with Crippen LogP contribution in [-0.4, -0.2) is 24.0 Å². The minimum absolute atomic E-state index is 0.106. The molecule has 6 heteroatoms. The fourth-order valence-corrected chi connectivity index (χ4v) is 4.27. The van der Waals surface area contributed by atoms with Gasteiger partial charge in [0.15, 0.2) is 0 Å². The lowest BCUT2D eigenvalue weighted by Crippen LogP contribution is -2.32. The van der Waals surface area contributed by atoms with Gasteiger partial charge < -0.3 is 9.64 Å². The molecule has 0 saturated heterocycles. The second-order valence-corrected chi connectivity index (χ2v) is 8.47. The van der Waals surface area contributed by atoms with Crippen molar-refractivity contribution in [3.63, 3.8) is 0 Å². The Morgan fingerprint density at radius 3 is 2.50 bits per heavy atom. The average molecular weight is 445 g/mol. The number of nitrogens with zero attached hydrogens (tertiary/aromatic N) is 1. The molecule has 0 unspecified atom stereocenters. The summed E-state index contributed by atoms with van der Waals surface area (Å²) >= 11 is 8.37.